The summed E-state index contributed by atoms with van der Waals surface area (Å²) in [6.07, 6.45) is -3.25. The lowest BCUT2D eigenvalue weighted by atomic mass is 10.3. The topological polar surface area (TPSA) is 77.1 Å². The fourth-order valence-corrected chi connectivity index (χ4v) is 2.51. The van der Waals surface area contributed by atoms with Gasteiger partial charge in [0.1, 0.15) is 10.7 Å². The van der Waals surface area contributed by atoms with Gasteiger partial charge >= 0.3 is 6.18 Å². The van der Waals surface area contributed by atoms with E-state index in [2.05, 4.69) is 20.5 Å². The van der Waals surface area contributed by atoms with Gasteiger partial charge < -0.3 is 5.32 Å². The van der Waals surface area contributed by atoms with Gasteiger partial charge in [-0.2, -0.15) is 23.4 Å². The van der Waals surface area contributed by atoms with Crippen LogP contribution in [0.2, 0.25) is 5.02 Å². The second-order valence-electron chi connectivity index (χ2n) is 5.40. The Kier molecular flexibility index (Phi) is 3.94. The molecule has 3 heterocycles. The lowest BCUT2D eigenvalue weighted by Gasteiger charge is -2.09. The van der Waals surface area contributed by atoms with Crippen LogP contribution in [0.25, 0.3) is 5.65 Å². The van der Waals surface area contributed by atoms with E-state index in [1.165, 1.54) is 17.8 Å². The van der Waals surface area contributed by atoms with E-state index in [9.17, 15) is 18.0 Å². The second kappa shape index (κ2) is 5.73. The van der Waals surface area contributed by atoms with Crippen molar-refractivity contribution in [2.75, 3.05) is 5.32 Å². The quantitative estimate of drug-likeness (QED) is 0.750. The maximum atomic E-state index is 13.2. The maximum Gasteiger partial charge on any atom is 0.433 e. The van der Waals surface area contributed by atoms with E-state index in [0.717, 1.165) is 6.07 Å². The third-order valence-electron chi connectivity index (χ3n) is 3.65. The molecule has 0 radical (unpaired) electrons. The van der Waals surface area contributed by atoms with Crippen LogP contribution in [0.1, 0.15) is 27.6 Å². The fraction of sp³-hybridized carbons (Fsp3) is 0.286. The van der Waals surface area contributed by atoms with Crippen LogP contribution in [0.3, 0.4) is 0 Å². The van der Waals surface area contributed by atoms with Gasteiger partial charge in [0, 0.05) is 12.7 Å². The van der Waals surface area contributed by atoms with E-state index in [4.69, 9.17) is 11.6 Å². The Hall–Kier alpha value is -2.62. The lowest BCUT2D eigenvalue weighted by Crippen LogP contribution is -2.16. The number of carbonyl (C=O) groups is 1. The van der Waals surface area contributed by atoms with Gasteiger partial charge in [0.05, 0.1) is 17.6 Å². The molecule has 0 saturated heterocycles. The monoisotopic (exact) mass is 372 g/mol. The van der Waals surface area contributed by atoms with E-state index in [0.29, 0.717) is 15.9 Å². The summed E-state index contributed by atoms with van der Waals surface area (Å²) in [7, 11) is 1.69. The molecule has 3 aromatic rings. The zero-order valence-electron chi connectivity index (χ0n) is 13.3. The van der Waals surface area contributed by atoms with Crippen LogP contribution in [-0.2, 0) is 13.2 Å². The predicted octanol–water partition coefficient (Wildman–Crippen LogP) is 3.00. The number of nitrogens with one attached hydrogen (secondary N) is 1. The van der Waals surface area contributed by atoms with Gasteiger partial charge in [0.25, 0.3) is 5.91 Å². The van der Waals surface area contributed by atoms with Crippen molar-refractivity contribution >= 4 is 28.8 Å². The highest BCUT2D eigenvalue weighted by molar-refractivity contribution is 6.37. The maximum absolute atomic E-state index is 13.2. The average molecular weight is 373 g/mol. The summed E-state index contributed by atoms with van der Waals surface area (Å²) in [6.45, 7) is 3.12. The fourth-order valence-electron chi connectivity index (χ4n) is 2.26. The van der Waals surface area contributed by atoms with Crippen molar-refractivity contribution in [2.24, 2.45) is 7.05 Å². The van der Waals surface area contributed by atoms with E-state index < -0.39 is 17.8 Å². The molecular formula is C14H12ClF3N6O. The van der Waals surface area contributed by atoms with Crippen LogP contribution in [0.15, 0.2) is 12.3 Å². The molecule has 25 heavy (non-hydrogen) atoms. The van der Waals surface area contributed by atoms with Crippen molar-refractivity contribution in [3.63, 3.8) is 0 Å². The third-order valence-corrected chi connectivity index (χ3v) is 4.00. The number of nitrogens with zero attached hydrogens (tertiary/aromatic N) is 5. The molecule has 0 bridgehead atoms. The first-order chi connectivity index (χ1) is 11.6. The summed E-state index contributed by atoms with van der Waals surface area (Å²) >= 11 is 6.06. The van der Waals surface area contributed by atoms with E-state index >= 15 is 0 Å². The molecule has 1 amide bonds. The highest BCUT2D eigenvalue weighted by Crippen LogP contribution is 2.32. The van der Waals surface area contributed by atoms with Crippen molar-refractivity contribution in [1.29, 1.82) is 0 Å². The summed E-state index contributed by atoms with van der Waals surface area (Å²) in [6, 6.07) is 0.837. The van der Waals surface area contributed by atoms with Crippen LogP contribution in [-0.4, -0.2) is 30.3 Å². The normalized spacial score (nSPS) is 12.0. The number of carbonyl (C=O) groups excluding carboxylic acids is 1. The van der Waals surface area contributed by atoms with Crippen LogP contribution in [0.4, 0.5) is 18.9 Å². The summed E-state index contributed by atoms with van der Waals surface area (Å²) < 4.78 is 41.7. The number of hydrogen-bond acceptors (Lipinski definition) is 4. The molecule has 0 aliphatic carbocycles. The number of hydrogen-bond donors (Lipinski definition) is 1. The molecule has 0 aromatic carbocycles. The standard InChI is InChI=1S/C14H12ClF3N6O/c1-6-4-9(14(16,17)18)24-12(20-6)10(15)11(22-24)13(25)21-8-5-19-23(3)7(8)2/h4-5H,1-3H3,(H,21,25). The number of amides is 1. The molecule has 0 atom stereocenters. The summed E-state index contributed by atoms with van der Waals surface area (Å²) in [5.41, 5.74) is -0.472. The number of fused-ring (bicyclic) bond motifs is 1. The molecule has 132 valence electrons. The molecule has 3 rings (SSSR count). The molecule has 0 fully saturated rings. The SMILES string of the molecule is Cc1cc(C(F)(F)F)n2nc(C(=O)Nc3cnn(C)c3C)c(Cl)c2n1. The molecular weight excluding hydrogens is 361 g/mol. The number of alkyl halides is 3. The lowest BCUT2D eigenvalue weighted by molar-refractivity contribution is -0.142. The first kappa shape index (κ1) is 17.2. The molecule has 0 saturated carbocycles. The van der Waals surface area contributed by atoms with Crippen molar-refractivity contribution < 1.29 is 18.0 Å². The summed E-state index contributed by atoms with van der Waals surface area (Å²) in [5, 5.41) is 9.96. The van der Waals surface area contributed by atoms with Gasteiger partial charge in [-0.25, -0.2) is 9.50 Å². The van der Waals surface area contributed by atoms with Gasteiger partial charge in [0.15, 0.2) is 11.3 Å². The van der Waals surface area contributed by atoms with Crippen LogP contribution >= 0.6 is 11.6 Å². The molecule has 0 unspecified atom stereocenters. The van der Waals surface area contributed by atoms with Gasteiger partial charge in [-0.15, -0.1) is 0 Å². The van der Waals surface area contributed by atoms with E-state index in [1.807, 2.05) is 0 Å². The largest absolute Gasteiger partial charge is 0.433 e. The van der Waals surface area contributed by atoms with Crippen molar-refractivity contribution in [3.8, 4) is 0 Å². The number of rotatable bonds is 2. The first-order valence-electron chi connectivity index (χ1n) is 7.02. The summed E-state index contributed by atoms with van der Waals surface area (Å²) in [5.74, 6) is -0.752. The minimum absolute atomic E-state index is 0.108. The second-order valence-corrected chi connectivity index (χ2v) is 5.78. The number of anilines is 1. The molecule has 0 aliphatic heterocycles. The molecule has 3 aromatic heterocycles. The van der Waals surface area contributed by atoms with Crippen LogP contribution < -0.4 is 5.32 Å². The number of halogens is 4. The van der Waals surface area contributed by atoms with Gasteiger partial charge in [-0.3, -0.25) is 9.48 Å². The Bertz CT molecular complexity index is 991. The zero-order valence-corrected chi connectivity index (χ0v) is 14.1. The molecule has 0 aliphatic rings. The highest BCUT2D eigenvalue weighted by Gasteiger charge is 2.36. The van der Waals surface area contributed by atoms with Crippen molar-refractivity contribution in [3.05, 3.63) is 40.1 Å². The van der Waals surface area contributed by atoms with E-state index in [1.54, 1.807) is 14.0 Å². The van der Waals surface area contributed by atoms with Crippen LogP contribution in [0, 0.1) is 13.8 Å². The van der Waals surface area contributed by atoms with Gasteiger partial charge in [-0.05, 0) is 19.9 Å². The minimum atomic E-state index is -4.67. The molecule has 7 nitrogen and oxygen atoms in total. The van der Waals surface area contributed by atoms with Crippen molar-refractivity contribution in [2.45, 2.75) is 20.0 Å². The van der Waals surface area contributed by atoms with Crippen molar-refractivity contribution in [1.82, 2.24) is 24.4 Å². The highest BCUT2D eigenvalue weighted by atomic mass is 35.5. The molecule has 0 spiro atoms. The Balaban J connectivity index is 2.10. The Morgan fingerprint density at radius 2 is 2.00 bits per heavy atom. The van der Waals surface area contributed by atoms with Gasteiger partial charge in [-0.1, -0.05) is 11.6 Å². The molecule has 1 N–H and O–H groups in total. The Labute approximate surface area is 144 Å². The number of aryl methyl sites for hydroxylation is 2. The summed E-state index contributed by atoms with van der Waals surface area (Å²) in [4.78, 5) is 16.3. The smallest absolute Gasteiger partial charge is 0.318 e. The van der Waals surface area contributed by atoms with Gasteiger partial charge in [0.2, 0.25) is 0 Å². The Morgan fingerprint density at radius 1 is 1.32 bits per heavy atom. The van der Waals surface area contributed by atoms with Crippen LogP contribution in [0.5, 0.6) is 0 Å². The first-order valence-corrected chi connectivity index (χ1v) is 7.40. The Morgan fingerprint density at radius 3 is 2.56 bits per heavy atom. The number of aromatic nitrogens is 5. The third kappa shape index (κ3) is 2.93. The zero-order chi connectivity index (χ0) is 18.5. The molecule has 11 heteroatoms. The average Bonchev–Trinajstić information content (AvgIpc) is 3.00. The predicted molar refractivity (Wildman–Crippen MR) is 83.6 cm³/mol. The van der Waals surface area contributed by atoms with E-state index in [-0.39, 0.29) is 22.1 Å². The minimum Gasteiger partial charge on any atom is -0.318 e.